The summed E-state index contributed by atoms with van der Waals surface area (Å²) in [7, 11) is 0. The average molecular weight is 376 g/mol. The van der Waals surface area contributed by atoms with Gasteiger partial charge in [0.05, 0.1) is 11.3 Å². The first-order valence-corrected chi connectivity index (χ1v) is 9.52. The molecule has 0 unspecified atom stereocenters. The van der Waals surface area contributed by atoms with Gasteiger partial charge in [-0.3, -0.25) is 9.69 Å². The van der Waals surface area contributed by atoms with Crippen LogP contribution in [0.25, 0.3) is 5.69 Å². The van der Waals surface area contributed by atoms with Crippen molar-refractivity contribution in [1.82, 2.24) is 30.0 Å². The Morgan fingerprint density at radius 3 is 2.43 bits per heavy atom. The van der Waals surface area contributed by atoms with Crippen LogP contribution >= 0.6 is 0 Å². The molecule has 0 saturated carbocycles. The Morgan fingerprint density at radius 1 is 1.00 bits per heavy atom. The molecule has 1 aliphatic heterocycles. The van der Waals surface area contributed by atoms with Gasteiger partial charge in [0.1, 0.15) is 6.33 Å². The molecule has 144 valence electrons. The number of piperazine rings is 1. The second-order valence-electron chi connectivity index (χ2n) is 7.21. The van der Waals surface area contributed by atoms with Gasteiger partial charge < -0.3 is 4.90 Å². The van der Waals surface area contributed by atoms with Gasteiger partial charge in [-0.25, -0.2) is 0 Å². The molecule has 0 spiro atoms. The summed E-state index contributed by atoms with van der Waals surface area (Å²) < 4.78 is 1.58. The molecular weight excluding hydrogens is 352 g/mol. The zero-order valence-corrected chi connectivity index (χ0v) is 16.2. The topological polar surface area (TPSA) is 67.2 Å². The molecule has 0 N–H and O–H groups in total. The summed E-state index contributed by atoms with van der Waals surface area (Å²) in [5, 5.41) is 11.5. The Bertz CT molecular complexity index is 947. The lowest BCUT2D eigenvalue weighted by Gasteiger charge is -2.35. The monoisotopic (exact) mass is 376 g/mol. The molecule has 0 bridgehead atoms. The number of hydrogen-bond donors (Lipinski definition) is 0. The first-order chi connectivity index (χ1) is 13.6. The summed E-state index contributed by atoms with van der Waals surface area (Å²) in [5.41, 5.74) is 4.83. The first kappa shape index (κ1) is 18.3. The molecule has 1 aliphatic rings. The van der Waals surface area contributed by atoms with Crippen molar-refractivity contribution in [3.8, 4) is 5.69 Å². The zero-order valence-electron chi connectivity index (χ0n) is 16.2. The van der Waals surface area contributed by atoms with Crippen molar-refractivity contribution in [2.24, 2.45) is 0 Å². The smallest absolute Gasteiger partial charge is 0.256 e. The number of aromatic nitrogens is 4. The van der Waals surface area contributed by atoms with Crippen molar-refractivity contribution in [3.63, 3.8) is 0 Å². The quantitative estimate of drug-likeness (QED) is 0.699. The van der Waals surface area contributed by atoms with Crippen LogP contribution in [0.4, 0.5) is 0 Å². The first-order valence-electron chi connectivity index (χ1n) is 9.52. The summed E-state index contributed by atoms with van der Waals surface area (Å²) in [6.07, 6.45) is 1.54. The van der Waals surface area contributed by atoms with Crippen molar-refractivity contribution >= 4 is 5.91 Å². The Kier molecular flexibility index (Phi) is 5.16. The molecule has 2 heterocycles. The minimum absolute atomic E-state index is 0.0351. The van der Waals surface area contributed by atoms with Crippen molar-refractivity contribution < 1.29 is 4.79 Å². The van der Waals surface area contributed by atoms with E-state index in [1.165, 1.54) is 11.9 Å². The number of benzene rings is 2. The zero-order chi connectivity index (χ0) is 19.5. The number of aryl methyl sites for hydroxylation is 1. The summed E-state index contributed by atoms with van der Waals surface area (Å²) in [4.78, 5) is 17.6. The largest absolute Gasteiger partial charge is 0.336 e. The van der Waals surface area contributed by atoms with E-state index >= 15 is 0 Å². The van der Waals surface area contributed by atoms with E-state index in [2.05, 4.69) is 44.7 Å². The van der Waals surface area contributed by atoms with E-state index in [0.29, 0.717) is 18.7 Å². The third-order valence-corrected chi connectivity index (χ3v) is 5.42. The van der Waals surface area contributed by atoms with Crippen molar-refractivity contribution in [3.05, 3.63) is 71.0 Å². The summed E-state index contributed by atoms with van der Waals surface area (Å²) in [5.74, 6) is 0.0351. The molecule has 4 rings (SSSR count). The molecule has 1 fully saturated rings. The van der Waals surface area contributed by atoms with Gasteiger partial charge in [-0.15, -0.1) is 5.10 Å². The molecule has 1 aromatic heterocycles. The Balaban J connectivity index is 1.50. The molecule has 7 nitrogen and oxygen atoms in total. The minimum Gasteiger partial charge on any atom is -0.336 e. The summed E-state index contributed by atoms with van der Waals surface area (Å²) >= 11 is 0. The number of hydrogen-bond acceptors (Lipinski definition) is 5. The Hall–Kier alpha value is -3.06. The maximum absolute atomic E-state index is 13.3. The highest BCUT2D eigenvalue weighted by Gasteiger charge is 2.25. The van der Waals surface area contributed by atoms with Crippen LogP contribution in [0.1, 0.15) is 27.0 Å². The van der Waals surface area contributed by atoms with E-state index < -0.39 is 0 Å². The maximum atomic E-state index is 13.3. The van der Waals surface area contributed by atoms with Gasteiger partial charge >= 0.3 is 0 Å². The van der Waals surface area contributed by atoms with Crippen LogP contribution in [0.2, 0.25) is 0 Å². The Morgan fingerprint density at radius 2 is 1.75 bits per heavy atom. The molecule has 3 aromatic rings. The second kappa shape index (κ2) is 7.90. The molecule has 28 heavy (non-hydrogen) atoms. The standard InChI is InChI=1S/C21H24N6O/c1-16-8-9-19(20(17(16)2)27-15-22-23-24-27)21(28)26-12-10-25(11-13-26)14-18-6-4-3-5-7-18/h3-9,15H,10-14H2,1-2H3. The number of nitrogens with zero attached hydrogens (tertiary/aromatic N) is 6. The average Bonchev–Trinajstić information content (AvgIpc) is 3.25. The van der Waals surface area contributed by atoms with E-state index in [1.54, 1.807) is 4.68 Å². The SMILES string of the molecule is Cc1ccc(C(=O)N2CCN(Cc3ccccc3)CC2)c(-n2cnnn2)c1C. The van der Waals surface area contributed by atoms with Gasteiger partial charge in [0.15, 0.2) is 0 Å². The van der Waals surface area contributed by atoms with Gasteiger partial charge in [-0.2, -0.15) is 4.68 Å². The number of tetrazole rings is 1. The van der Waals surface area contributed by atoms with Gasteiger partial charge in [0.2, 0.25) is 0 Å². The lowest BCUT2D eigenvalue weighted by Crippen LogP contribution is -2.48. The molecule has 0 radical (unpaired) electrons. The van der Waals surface area contributed by atoms with E-state index in [4.69, 9.17) is 0 Å². The van der Waals surface area contributed by atoms with Crippen LogP contribution in [-0.2, 0) is 6.54 Å². The van der Waals surface area contributed by atoms with Crippen molar-refractivity contribution in [2.75, 3.05) is 26.2 Å². The summed E-state index contributed by atoms with van der Waals surface area (Å²) in [6.45, 7) is 8.11. The highest BCUT2D eigenvalue weighted by Crippen LogP contribution is 2.23. The van der Waals surface area contributed by atoms with Crippen LogP contribution in [0.5, 0.6) is 0 Å². The van der Waals surface area contributed by atoms with Gasteiger partial charge in [0, 0.05) is 32.7 Å². The van der Waals surface area contributed by atoms with Crippen LogP contribution in [0.15, 0.2) is 48.8 Å². The van der Waals surface area contributed by atoms with Gasteiger partial charge in [-0.1, -0.05) is 36.4 Å². The van der Waals surface area contributed by atoms with E-state index in [0.717, 1.165) is 36.4 Å². The number of amides is 1. The van der Waals surface area contributed by atoms with Crippen molar-refractivity contribution in [1.29, 1.82) is 0 Å². The van der Waals surface area contributed by atoms with Crippen LogP contribution in [0, 0.1) is 13.8 Å². The van der Waals surface area contributed by atoms with E-state index in [-0.39, 0.29) is 5.91 Å². The van der Waals surface area contributed by atoms with Crippen LogP contribution in [0.3, 0.4) is 0 Å². The molecule has 7 heteroatoms. The highest BCUT2D eigenvalue weighted by molar-refractivity contribution is 5.98. The predicted molar refractivity (Wildman–Crippen MR) is 106 cm³/mol. The number of carbonyl (C=O) groups is 1. The number of rotatable bonds is 4. The van der Waals surface area contributed by atoms with Gasteiger partial charge in [-0.05, 0) is 47.0 Å². The second-order valence-corrected chi connectivity index (χ2v) is 7.21. The van der Waals surface area contributed by atoms with Crippen LogP contribution in [-0.4, -0.2) is 62.1 Å². The fraction of sp³-hybridized carbons (Fsp3) is 0.333. The normalized spacial score (nSPS) is 15.0. The molecule has 0 aliphatic carbocycles. The molecule has 2 aromatic carbocycles. The van der Waals surface area contributed by atoms with E-state index in [1.807, 2.05) is 36.9 Å². The highest BCUT2D eigenvalue weighted by atomic mass is 16.2. The van der Waals surface area contributed by atoms with E-state index in [9.17, 15) is 4.79 Å². The molecule has 1 saturated heterocycles. The molecule has 0 atom stereocenters. The molecular formula is C21H24N6O. The number of carbonyl (C=O) groups excluding carboxylic acids is 1. The third-order valence-electron chi connectivity index (χ3n) is 5.42. The predicted octanol–water partition coefficient (Wildman–Crippen LogP) is 2.24. The lowest BCUT2D eigenvalue weighted by molar-refractivity contribution is 0.0628. The van der Waals surface area contributed by atoms with Crippen LogP contribution < -0.4 is 0 Å². The molecule has 1 amide bonds. The fourth-order valence-corrected chi connectivity index (χ4v) is 3.65. The minimum atomic E-state index is 0.0351. The summed E-state index contributed by atoms with van der Waals surface area (Å²) in [6, 6.07) is 14.3. The fourth-order valence-electron chi connectivity index (χ4n) is 3.65. The Labute approximate surface area is 164 Å². The lowest BCUT2D eigenvalue weighted by atomic mass is 10.0. The van der Waals surface area contributed by atoms with Crippen molar-refractivity contribution in [2.45, 2.75) is 20.4 Å². The van der Waals surface area contributed by atoms with Gasteiger partial charge in [0.25, 0.3) is 5.91 Å². The maximum Gasteiger partial charge on any atom is 0.256 e. The third kappa shape index (κ3) is 3.66.